The fraction of sp³-hybridized carbons (Fsp3) is 0.263. The number of hydrogen-bond donors (Lipinski definition) is 2. The molecule has 2 aromatic carbocycles. The summed E-state index contributed by atoms with van der Waals surface area (Å²) < 4.78 is 15.8. The summed E-state index contributed by atoms with van der Waals surface area (Å²) >= 11 is 0. The van der Waals surface area contributed by atoms with Crippen LogP contribution in [0.25, 0.3) is 6.08 Å². The number of aliphatic hydroxyl groups is 1. The van der Waals surface area contributed by atoms with Crippen molar-refractivity contribution >= 4 is 6.08 Å². The van der Waals surface area contributed by atoms with E-state index >= 15 is 0 Å². The van der Waals surface area contributed by atoms with E-state index in [1.54, 1.807) is 44.6 Å². The Kier molecular flexibility index (Phi) is 6.09. The lowest BCUT2D eigenvalue weighted by molar-refractivity contribution is 0.224. The quantitative estimate of drug-likeness (QED) is 0.812. The molecule has 0 radical (unpaired) electrons. The van der Waals surface area contributed by atoms with Crippen molar-refractivity contribution in [2.75, 3.05) is 20.8 Å². The predicted octanol–water partition coefficient (Wildman–Crippen LogP) is 3.55. The average molecular weight is 330 g/mol. The fourth-order valence-electron chi connectivity index (χ4n) is 2.28. The Morgan fingerprint density at radius 3 is 2.42 bits per heavy atom. The van der Waals surface area contributed by atoms with Gasteiger partial charge in [0.15, 0.2) is 0 Å². The molecule has 128 valence electrons. The number of hydrogen-bond acceptors (Lipinski definition) is 5. The second-order valence-electron chi connectivity index (χ2n) is 5.07. The lowest BCUT2D eigenvalue weighted by atomic mass is 10.1. The molecule has 0 aromatic heterocycles. The van der Waals surface area contributed by atoms with Crippen molar-refractivity contribution < 1.29 is 24.4 Å². The van der Waals surface area contributed by atoms with Crippen LogP contribution in [0.4, 0.5) is 0 Å². The zero-order valence-corrected chi connectivity index (χ0v) is 14.0. The highest BCUT2D eigenvalue weighted by atomic mass is 16.5. The van der Waals surface area contributed by atoms with E-state index in [2.05, 4.69) is 0 Å². The van der Waals surface area contributed by atoms with E-state index < -0.39 is 6.10 Å². The summed E-state index contributed by atoms with van der Waals surface area (Å²) in [5, 5.41) is 20.3. The van der Waals surface area contributed by atoms with Crippen LogP contribution in [0.1, 0.15) is 24.2 Å². The van der Waals surface area contributed by atoms with E-state index in [0.717, 1.165) is 5.56 Å². The highest BCUT2D eigenvalue weighted by Gasteiger charge is 2.11. The zero-order chi connectivity index (χ0) is 17.5. The van der Waals surface area contributed by atoms with Gasteiger partial charge in [-0.3, -0.25) is 0 Å². The molecule has 0 amide bonds. The largest absolute Gasteiger partial charge is 0.507 e. The molecule has 2 aromatic rings. The number of aliphatic hydroxyl groups excluding tert-OH is 1. The molecule has 1 unspecified atom stereocenters. The summed E-state index contributed by atoms with van der Waals surface area (Å²) in [6.45, 7) is 2.38. The van der Waals surface area contributed by atoms with Crippen molar-refractivity contribution in [1.29, 1.82) is 0 Å². The Morgan fingerprint density at radius 2 is 1.79 bits per heavy atom. The monoisotopic (exact) mass is 330 g/mol. The number of aromatic hydroxyl groups is 1. The van der Waals surface area contributed by atoms with Crippen LogP contribution in [0.2, 0.25) is 0 Å². The van der Waals surface area contributed by atoms with E-state index in [0.29, 0.717) is 29.4 Å². The minimum atomic E-state index is -0.951. The van der Waals surface area contributed by atoms with E-state index in [1.165, 1.54) is 6.07 Å². The second kappa shape index (κ2) is 8.26. The Morgan fingerprint density at radius 1 is 1.04 bits per heavy atom. The standard InChI is InChI=1S/C19H22O5/c1-4-24-15-8-9-16(18(21)11-15)17(20)10-6-13-5-7-14(22-2)12-19(13)23-3/h5-12,17,20-21H,4H2,1-3H3. The zero-order valence-electron chi connectivity index (χ0n) is 14.0. The van der Waals surface area contributed by atoms with Crippen LogP contribution in [0.3, 0.4) is 0 Å². The first-order chi connectivity index (χ1) is 11.6. The van der Waals surface area contributed by atoms with Crippen molar-refractivity contribution in [3.63, 3.8) is 0 Å². The average Bonchev–Trinajstić information content (AvgIpc) is 2.60. The van der Waals surface area contributed by atoms with Crippen LogP contribution < -0.4 is 14.2 Å². The van der Waals surface area contributed by atoms with Gasteiger partial charge in [-0.05, 0) is 31.2 Å². The van der Waals surface area contributed by atoms with Crippen LogP contribution in [0, 0.1) is 0 Å². The summed E-state index contributed by atoms with van der Waals surface area (Å²) in [5.74, 6) is 1.87. The van der Waals surface area contributed by atoms with Gasteiger partial charge in [-0.25, -0.2) is 0 Å². The molecule has 0 aliphatic heterocycles. The fourth-order valence-corrected chi connectivity index (χ4v) is 2.28. The maximum absolute atomic E-state index is 10.3. The van der Waals surface area contributed by atoms with Crippen molar-refractivity contribution in [2.45, 2.75) is 13.0 Å². The van der Waals surface area contributed by atoms with Crippen molar-refractivity contribution in [3.8, 4) is 23.0 Å². The van der Waals surface area contributed by atoms with Gasteiger partial charge in [0.1, 0.15) is 29.1 Å². The third kappa shape index (κ3) is 4.20. The molecule has 5 heteroatoms. The topological polar surface area (TPSA) is 68.2 Å². The number of methoxy groups -OCH3 is 2. The molecule has 0 saturated heterocycles. The lowest BCUT2D eigenvalue weighted by Gasteiger charge is -2.11. The maximum atomic E-state index is 10.3. The molecule has 1 atom stereocenters. The second-order valence-corrected chi connectivity index (χ2v) is 5.07. The molecule has 0 aliphatic rings. The molecular weight excluding hydrogens is 308 g/mol. The third-order valence-corrected chi connectivity index (χ3v) is 3.53. The van der Waals surface area contributed by atoms with Crippen LogP contribution in [0.15, 0.2) is 42.5 Å². The number of phenolic OH excluding ortho intramolecular Hbond substituents is 1. The van der Waals surface area contributed by atoms with Crippen molar-refractivity contribution in [1.82, 2.24) is 0 Å². The predicted molar refractivity (Wildman–Crippen MR) is 92.8 cm³/mol. The molecule has 0 spiro atoms. The normalized spacial score (nSPS) is 12.2. The first-order valence-electron chi connectivity index (χ1n) is 7.63. The van der Waals surface area contributed by atoms with Gasteiger partial charge in [-0.15, -0.1) is 0 Å². The molecular formula is C19H22O5. The Bertz CT molecular complexity index is 709. The lowest BCUT2D eigenvalue weighted by Crippen LogP contribution is -1.96. The van der Waals surface area contributed by atoms with Gasteiger partial charge in [0.05, 0.1) is 20.8 Å². The molecule has 0 saturated carbocycles. The summed E-state index contributed by atoms with van der Waals surface area (Å²) in [5.41, 5.74) is 1.20. The Balaban J connectivity index is 2.20. The van der Waals surface area contributed by atoms with E-state index in [-0.39, 0.29) is 5.75 Å². The number of ether oxygens (including phenoxy) is 3. The van der Waals surface area contributed by atoms with Gasteiger partial charge in [-0.2, -0.15) is 0 Å². The Labute approximate surface area is 141 Å². The van der Waals surface area contributed by atoms with Gasteiger partial charge >= 0.3 is 0 Å². The smallest absolute Gasteiger partial charge is 0.129 e. The Hall–Kier alpha value is -2.66. The van der Waals surface area contributed by atoms with Crippen molar-refractivity contribution in [2.24, 2.45) is 0 Å². The highest BCUT2D eigenvalue weighted by molar-refractivity contribution is 5.60. The summed E-state index contributed by atoms with van der Waals surface area (Å²) in [6, 6.07) is 10.2. The minimum absolute atomic E-state index is 0.0141. The SMILES string of the molecule is CCOc1ccc(C(O)C=Cc2ccc(OC)cc2OC)c(O)c1. The van der Waals surface area contributed by atoms with Crippen molar-refractivity contribution in [3.05, 3.63) is 53.6 Å². The van der Waals surface area contributed by atoms with Crippen LogP contribution >= 0.6 is 0 Å². The summed E-state index contributed by atoms with van der Waals surface area (Å²) in [7, 11) is 3.16. The number of phenols is 1. The minimum Gasteiger partial charge on any atom is -0.507 e. The molecule has 5 nitrogen and oxygen atoms in total. The summed E-state index contributed by atoms with van der Waals surface area (Å²) in [6.07, 6.45) is 2.37. The van der Waals surface area contributed by atoms with Gasteiger partial charge in [0.2, 0.25) is 0 Å². The number of rotatable bonds is 7. The third-order valence-electron chi connectivity index (χ3n) is 3.53. The maximum Gasteiger partial charge on any atom is 0.129 e. The first kappa shape index (κ1) is 17.7. The summed E-state index contributed by atoms with van der Waals surface area (Å²) in [4.78, 5) is 0. The van der Waals surface area contributed by atoms with Crippen LogP contribution in [0.5, 0.6) is 23.0 Å². The van der Waals surface area contributed by atoms with Crippen LogP contribution in [-0.4, -0.2) is 31.0 Å². The first-order valence-corrected chi connectivity index (χ1v) is 7.63. The van der Waals surface area contributed by atoms with Crippen LogP contribution in [-0.2, 0) is 0 Å². The van der Waals surface area contributed by atoms with Gasteiger partial charge in [0, 0.05) is 23.3 Å². The molecule has 2 rings (SSSR count). The molecule has 24 heavy (non-hydrogen) atoms. The molecule has 2 N–H and O–H groups in total. The number of benzene rings is 2. The van der Waals surface area contributed by atoms with E-state index in [1.807, 2.05) is 19.1 Å². The molecule has 0 aliphatic carbocycles. The molecule has 0 fully saturated rings. The van der Waals surface area contributed by atoms with Gasteiger partial charge in [-0.1, -0.05) is 12.2 Å². The highest BCUT2D eigenvalue weighted by Crippen LogP contribution is 2.31. The van der Waals surface area contributed by atoms with Gasteiger partial charge < -0.3 is 24.4 Å². The molecule has 0 bridgehead atoms. The van der Waals surface area contributed by atoms with Gasteiger partial charge in [0.25, 0.3) is 0 Å². The van der Waals surface area contributed by atoms with E-state index in [9.17, 15) is 10.2 Å². The van der Waals surface area contributed by atoms with E-state index in [4.69, 9.17) is 14.2 Å². The molecule has 0 heterocycles.